The molecule has 1 N–H and O–H groups in total. The van der Waals surface area contributed by atoms with Crippen molar-refractivity contribution >= 4 is 17.7 Å². The van der Waals surface area contributed by atoms with Crippen molar-refractivity contribution in [3.8, 4) is 0 Å². The minimum Gasteiger partial charge on any atom is -0.492 e. The van der Waals surface area contributed by atoms with Gasteiger partial charge in [-0.15, -0.1) is 0 Å². The first-order valence-corrected chi connectivity index (χ1v) is 9.91. The summed E-state index contributed by atoms with van der Waals surface area (Å²) < 4.78 is 20.8. The van der Waals surface area contributed by atoms with Gasteiger partial charge in [0.1, 0.15) is 0 Å². The lowest BCUT2D eigenvalue weighted by atomic mass is 10.00. The molecule has 0 bridgehead atoms. The maximum atomic E-state index is 12.7. The molecule has 0 aliphatic rings. The van der Waals surface area contributed by atoms with Crippen LogP contribution in [0.3, 0.4) is 0 Å². The van der Waals surface area contributed by atoms with Crippen LogP contribution in [0.25, 0.3) is 5.76 Å². The molecular formula is C22H32O7. The van der Waals surface area contributed by atoms with E-state index in [0.29, 0.717) is 18.4 Å². The summed E-state index contributed by atoms with van der Waals surface area (Å²) in [6.07, 6.45) is 2.88. The third-order valence-corrected chi connectivity index (χ3v) is 4.53. The van der Waals surface area contributed by atoms with Gasteiger partial charge in [-0.25, -0.2) is 4.79 Å². The van der Waals surface area contributed by atoms with Crippen LogP contribution in [0, 0.1) is 5.92 Å². The highest BCUT2D eigenvalue weighted by molar-refractivity contribution is 5.94. The summed E-state index contributed by atoms with van der Waals surface area (Å²) in [4.78, 5) is 25.1. The van der Waals surface area contributed by atoms with E-state index in [1.807, 2.05) is 19.9 Å². The predicted molar refractivity (Wildman–Crippen MR) is 108 cm³/mol. The van der Waals surface area contributed by atoms with Gasteiger partial charge in [-0.1, -0.05) is 63.9 Å². The normalized spacial score (nSPS) is 14.8. The summed E-state index contributed by atoms with van der Waals surface area (Å²) in [5.74, 6) is -4.49. The zero-order chi connectivity index (χ0) is 21.9. The fourth-order valence-corrected chi connectivity index (χ4v) is 2.74. The minimum atomic E-state index is -2.40. The molecule has 0 saturated heterocycles. The number of carbonyl (C=O) groups excluding carboxylic acids is 2. The maximum absolute atomic E-state index is 12.7. The van der Waals surface area contributed by atoms with Gasteiger partial charge in [0.2, 0.25) is 5.76 Å². The van der Waals surface area contributed by atoms with Gasteiger partial charge in [0.15, 0.2) is 5.76 Å². The topological polar surface area (TPSA) is 91.3 Å². The summed E-state index contributed by atoms with van der Waals surface area (Å²) in [5.41, 5.74) is 0.589. The van der Waals surface area contributed by atoms with E-state index in [-0.39, 0.29) is 23.9 Å². The van der Waals surface area contributed by atoms with Crippen molar-refractivity contribution < 1.29 is 33.6 Å². The van der Waals surface area contributed by atoms with Crippen LogP contribution in [0.5, 0.6) is 0 Å². The molecule has 0 amide bonds. The molecule has 29 heavy (non-hydrogen) atoms. The monoisotopic (exact) mass is 408 g/mol. The lowest BCUT2D eigenvalue weighted by Crippen LogP contribution is -2.41. The molecule has 2 atom stereocenters. The van der Waals surface area contributed by atoms with Gasteiger partial charge < -0.3 is 24.1 Å². The third kappa shape index (κ3) is 7.09. The number of hydrogen-bond donors (Lipinski definition) is 1. The highest BCUT2D eigenvalue weighted by Gasteiger charge is 2.38. The van der Waals surface area contributed by atoms with Crippen molar-refractivity contribution in [2.24, 2.45) is 5.92 Å². The van der Waals surface area contributed by atoms with E-state index in [1.165, 1.54) is 21.1 Å². The lowest BCUT2D eigenvalue weighted by Gasteiger charge is -2.28. The van der Waals surface area contributed by atoms with Gasteiger partial charge in [-0.2, -0.15) is 0 Å². The number of methoxy groups -OCH3 is 2. The van der Waals surface area contributed by atoms with Crippen LogP contribution in [-0.2, 0) is 28.5 Å². The molecule has 1 aromatic rings. The van der Waals surface area contributed by atoms with Gasteiger partial charge >= 0.3 is 17.9 Å². The van der Waals surface area contributed by atoms with Crippen molar-refractivity contribution in [1.29, 1.82) is 0 Å². The number of esters is 2. The van der Waals surface area contributed by atoms with E-state index < -0.39 is 17.9 Å². The van der Waals surface area contributed by atoms with Crippen molar-refractivity contribution in [2.45, 2.75) is 58.8 Å². The van der Waals surface area contributed by atoms with Gasteiger partial charge in [-0.05, 0) is 12.8 Å². The predicted octanol–water partition coefficient (Wildman–Crippen LogP) is 4.01. The average molecular weight is 408 g/mol. The molecule has 0 aliphatic carbocycles. The number of carbonyl (C=O) groups is 2. The Balaban J connectivity index is 3.04. The molecule has 7 nitrogen and oxygen atoms in total. The molecule has 7 heteroatoms. The summed E-state index contributed by atoms with van der Waals surface area (Å²) in [6.45, 7) is 5.44. The maximum Gasteiger partial charge on any atom is 0.382 e. The van der Waals surface area contributed by atoms with Crippen LogP contribution in [-0.4, -0.2) is 37.2 Å². The Morgan fingerprint density at radius 2 is 1.69 bits per heavy atom. The van der Waals surface area contributed by atoms with Crippen LogP contribution < -0.4 is 0 Å². The first kappa shape index (κ1) is 24.5. The number of benzene rings is 1. The van der Waals surface area contributed by atoms with Crippen molar-refractivity contribution in [3.05, 3.63) is 41.7 Å². The molecule has 0 spiro atoms. The number of ether oxygens (including phenoxy) is 4. The van der Waals surface area contributed by atoms with E-state index >= 15 is 0 Å². The Morgan fingerprint density at radius 1 is 1.03 bits per heavy atom. The molecule has 1 rings (SSSR count). The largest absolute Gasteiger partial charge is 0.492 e. The molecule has 0 aliphatic heterocycles. The Labute approximate surface area is 172 Å². The second-order valence-corrected chi connectivity index (χ2v) is 6.56. The number of aliphatic hydroxyl groups is 1. The zero-order valence-corrected chi connectivity index (χ0v) is 17.9. The molecule has 0 heterocycles. The van der Waals surface area contributed by atoms with E-state index in [1.54, 1.807) is 24.3 Å². The zero-order valence-electron chi connectivity index (χ0n) is 17.9. The first-order chi connectivity index (χ1) is 13.9. The van der Waals surface area contributed by atoms with Gasteiger partial charge in [0, 0.05) is 5.56 Å². The molecule has 0 fully saturated rings. The molecule has 2 unspecified atom stereocenters. The summed E-state index contributed by atoms with van der Waals surface area (Å²) in [5, 5.41) is 10.6. The number of rotatable bonds is 12. The summed E-state index contributed by atoms with van der Waals surface area (Å²) in [7, 11) is 2.67. The molecule has 0 saturated carbocycles. The second kappa shape index (κ2) is 12.1. The van der Waals surface area contributed by atoms with Crippen LogP contribution >= 0.6 is 0 Å². The number of unbranched alkanes of at least 4 members (excludes halogenated alkanes) is 1. The van der Waals surface area contributed by atoms with Gasteiger partial charge in [0.25, 0.3) is 0 Å². The number of hydrogen-bond acceptors (Lipinski definition) is 7. The van der Waals surface area contributed by atoms with Crippen LogP contribution in [0.1, 0.15) is 58.4 Å². The Hall–Kier alpha value is -2.54. The SMILES string of the molecule is CCCCC(CC)C(=O)OC(O)(CC)OC(=O)C(OC)=C(OC)c1ccccc1. The highest BCUT2D eigenvalue weighted by atomic mass is 16.8. The quantitative estimate of drug-likeness (QED) is 0.242. The van der Waals surface area contributed by atoms with E-state index in [4.69, 9.17) is 18.9 Å². The van der Waals surface area contributed by atoms with Gasteiger partial charge in [-0.3, -0.25) is 4.79 Å². The molecule has 0 aromatic heterocycles. The molecule has 1 aromatic carbocycles. The average Bonchev–Trinajstić information content (AvgIpc) is 2.72. The molecule has 0 radical (unpaired) electrons. The Bertz CT molecular complexity index is 684. The molecule has 162 valence electrons. The highest BCUT2D eigenvalue weighted by Crippen LogP contribution is 2.25. The van der Waals surface area contributed by atoms with Crippen molar-refractivity contribution in [1.82, 2.24) is 0 Å². The summed E-state index contributed by atoms with van der Waals surface area (Å²) >= 11 is 0. The van der Waals surface area contributed by atoms with Crippen LogP contribution in [0.15, 0.2) is 36.1 Å². The van der Waals surface area contributed by atoms with E-state index in [9.17, 15) is 14.7 Å². The van der Waals surface area contributed by atoms with Crippen LogP contribution in [0.2, 0.25) is 0 Å². The standard InChI is InChI=1S/C22H32O7/c1-6-9-13-16(7-2)20(23)28-22(25,8-3)29-21(24)19(27-5)18(26-4)17-14-11-10-12-15-17/h10-12,14-16,25H,6-9,13H2,1-5H3. The van der Waals surface area contributed by atoms with Crippen molar-refractivity contribution in [3.63, 3.8) is 0 Å². The summed E-state index contributed by atoms with van der Waals surface area (Å²) in [6, 6.07) is 8.84. The Morgan fingerprint density at radius 3 is 2.17 bits per heavy atom. The Kier molecular flexibility index (Phi) is 10.2. The lowest BCUT2D eigenvalue weighted by molar-refractivity contribution is -0.327. The third-order valence-electron chi connectivity index (χ3n) is 4.53. The molecular weight excluding hydrogens is 376 g/mol. The van der Waals surface area contributed by atoms with Gasteiger partial charge in [0.05, 0.1) is 26.6 Å². The second-order valence-electron chi connectivity index (χ2n) is 6.56. The first-order valence-electron chi connectivity index (χ1n) is 9.91. The smallest absolute Gasteiger partial charge is 0.382 e. The van der Waals surface area contributed by atoms with Crippen molar-refractivity contribution in [2.75, 3.05) is 14.2 Å². The minimum absolute atomic E-state index is 0.136. The van der Waals surface area contributed by atoms with Crippen LogP contribution in [0.4, 0.5) is 0 Å². The van der Waals surface area contributed by atoms with E-state index in [0.717, 1.165) is 12.8 Å². The fourth-order valence-electron chi connectivity index (χ4n) is 2.74. The van der Waals surface area contributed by atoms with E-state index in [2.05, 4.69) is 0 Å². The fraction of sp³-hybridized carbons (Fsp3) is 0.545.